The molecule has 23 heavy (non-hydrogen) atoms. The molecular weight excluding hydrogens is 316 g/mol. The third-order valence-corrected chi connectivity index (χ3v) is 4.31. The number of methoxy groups -OCH3 is 1. The number of amides is 1. The molecule has 0 bridgehead atoms. The molecule has 1 aromatic heterocycles. The van der Waals surface area contributed by atoms with Crippen molar-refractivity contribution in [3.05, 3.63) is 40.9 Å². The molecule has 0 saturated heterocycles. The SMILES string of the molecule is COC(=O)c1cnc(NC(=O)c2ccccc2OCC2CC2)s1. The van der Waals surface area contributed by atoms with Gasteiger partial charge in [0.1, 0.15) is 10.6 Å². The molecule has 120 valence electrons. The number of nitrogens with zero attached hydrogens (tertiary/aromatic N) is 1. The molecule has 7 heteroatoms. The number of hydrogen-bond acceptors (Lipinski definition) is 6. The third-order valence-electron chi connectivity index (χ3n) is 3.42. The van der Waals surface area contributed by atoms with E-state index in [0.717, 1.165) is 11.3 Å². The Balaban J connectivity index is 1.69. The zero-order chi connectivity index (χ0) is 16.2. The molecule has 0 atom stereocenters. The standard InChI is InChI=1S/C16H16N2O4S/c1-21-15(20)13-8-17-16(23-13)18-14(19)11-4-2-3-5-12(11)22-9-10-6-7-10/h2-5,8,10H,6-7,9H2,1H3,(H,17,18,19). The number of benzene rings is 1. The predicted molar refractivity (Wildman–Crippen MR) is 86.1 cm³/mol. The average molecular weight is 332 g/mol. The lowest BCUT2D eigenvalue weighted by Crippen LogP contribution is -2.14. The molecule has 0 radical (unpaired) electrons. The molecule has 2 aromatic rings. The number of thiazole rings is 1. The van der Waals surface area contributed by atoms with Crippen LogP contribution in [0.2, 0.25) is 0 Å². The lowest BCUT2D eigenvalue weighted by atomic mass is 10.2. The van der Waals surface area contributed by atoms with Gasteiger partial charge in [-0.3, -0.25) is 10.1 Å². The summed E-state index contributed by atoms with van der Waals surface area (Å²) in [7, 11) is 1.30. The second-order valence-electron chi connectivity index (χ2n) is 5.23. The van der Waals surface area contributed by atoms with Gasteiger partial charge in [-0.2, -0.15) is 0 Å². The zero-order valence-electron chi connectivity index (χ0n) is 12.6. The van der Waals surface area contributed by atoms with E-state index < -0.39 is 5.97 Å². The van der Waals surface area contributed by atoms with Gasteiger partial charge in [0, 0.05) is 0 Å². The van der Waals surface area contributed by atoms with Crippen molar-refractivity contribution >= 4 is 28.3 Å². The molecule has 1 aliphatic carbocycles. The number of carbonyl (C=O) groups excluding carboxylic acids is 2. The Labute approximate surface area is 137 Å². The molecule has 1 fully saturated rings. The second kappa shape index (κ2) is 6.78. The van der Waals surface area contributed by atoms with Crippen molar-refractivity contribution in [1.82, 2.24) is 4.98 Å². The fraction of sp³-hybridized carbons (Fsp3) is 0.312. The molecule has 1 heterocycles. The van der Waals surface area contributed by atoms with Crippen molar-refractivity contribution < 1.29 is 19.1 Å². The van der Waals surface area contributed by atoms with E-state index in [4.69, 9.17) is 4.74 Å². The van der Waals surface area contributed by atoms with Crippen LogP contribution in [0, 0.1) is 5.92 Å². The summed E-state index contributed by atoms with van der Waals surface area (Å²) >= 11 is 1.06. The predicted octanol–water partition coefficient (Wildman–Crippen LogP) is 2.97. The summed E-state index contributed by atoms with van der Waals surface area (Å²) in [5, 5.41) is 3.02. The van der Waals surface area contributed by atoms with Crippen molar-refractivity contribution in [2.45, 2.75) is 12.8 Å². The summed E-state index contributed by atoms with van der Waals surface area (Å²) in [5.41, 5.74) is 0.447. The van der Waals surface area contributed by atoms with Crippen LogP contribution in [0.4, 0.5) is 5.13 Å². The summed E-state index contributed by atoms with van der Waals surface area (Å²) in [6, 6.07) is 7.09. The number of carbonyl (C=O) groups is 2. The van der Waals surface area contributed by atoms with Crippen LogP contribution in [0.15, 0.2) is 30.5 Å². The summed E-state index contributed by atoms with van der Waals surface area (Å²) in [4.78, 5) is 28.2. The van der Waals surface area contributed by atoms with E-state index in [1.807, 2.05) is 6.07 Å². The van der Waals surface area contributed by atoms with E-state index in [-0.39, 0.29) is 5.91 Å². The van der Waals surface area contributed by atoms with Crippen LogP contribution in [-0.4, -0.2) is 30.6 Å². The normalized spacial score (nSPS) is 13.4. The molecule has 6 nitrogen and oxygen atoms in total. The Kier molecular flexibility index (Phi) is 4.57. The molecule has 1 N–H and O–H groups in total. The van der Waals surface area contributed by atoms with E-state index in [0.29, 0.717) is 33.8 Å². The second-order valence-corrected chi connectivity index (χ2v) is 6.26. The maximum absolute atomic E-state index is 12.4. The highest BCUT2D eigenvalue weighted by Crippen LogP contribution is 2.30. The fourth-order valence-corrected chi connectivity index (χ4v) is 2.69. The molecule has 1 amide bonds. The Bertz CT molecular complexity index is 724. The van der Waals surface area contributed by atoms with Crippen molar-refractivity contribution in [3.63, 3.8) is 0 Å². The fourth-order valence-electron chi connectivity index (χ4n) is 1.96. The van der Waals surface area contributed by atoms with Gasteiger partial charge in [0.05, 0.1) is 25.5 Å². The van der Waals surface area contributed by atoms with Crippen molar-refractivity contribution in [2.75, 3.05) is 19.0 Å². The molecule has 1 aromatic carbocycles. The molecule has 0 aliphatic heterocycles. The summed E-state index contributed by atoms with van der Waals surface area (Å²) in [6.45, 7) is 0.633. The number of esters is 1. The van der Waals surface area contributed by atoms with Crippen LogP contribution in [0.3, 0.4) is 0 Å². The van der Waals surface area contributed by atoms with Crippen LogP contribution in [-0.2, 0) is 4.74 Å². The lowest BCUT2D eigenvalue weighted by Gasteiger charge is -2.10. The van der Waals surface area contributed by atoms with E-state index in [1.165, 1.54) is 26.1 Å². The molecule has 1 saturated carbocycles. The monoisotopic (exact) mass is 332 g/mol. The Morgan fingerprint density at radius 3 is 2.87 bits per heavy atom. The molecule has 1 aliphatic rings. The number of para-hydroxylation sites is 1. The first-order valence-electron chi connectivity index (χ1n) is 7.24. The Morgan fingerprint density at radius 1 is 1.35 bits per heavy atom. The minimum Gasteiger partial charge on any atom is -0.492 e. The summed E-state index contributed by atoms with van der Waals surface area (Å²) in [5.74, 6) is 0.368. The van der Waals surface area contributed by atoms with Crippen molar-refractivity contribution in [3.8, 4) is 5.75 Å². The highest BCUT2D eigenvalue weighted by atomic mass is 32.1. The smallest absolute Gasteiger partial charge is 0.349 e. The lowest BCUT2D eigenvalue weighted by molar-refractivity contribution is 0.0606. The quantitative estimate of drug-likeness (QED) is 0.823. The van der Waals surface area contributed by atoms with Gasteiger partial charge in [-0.25, -0.2) is 9.78 Å². The van der Waals surface area contributed by atoms with Crippen molar-refractivity contribution in [1.29, 1.82) is 0 Å². The maximum Gasteiger partial charge on any atom is 0.349 e. The van der Waals surface area contributed by atoms with E-state index >= 15 is 0 Å². The number of aromatic nitrogens is 1. The molecule has 0 unspecified atom stereocenters. The number of anilines is 1. The highest BCUT2D eigenvalue weighted by molar-refractivity contribution is 7.17. The minimum absolute atomic E-state index is 0.317. The van der Waals surface area contributed by atoms with Gasteiger partial charge < -0.3 is 9.47 Å². The van der Waals surface area contributed by atoms with Gasteiger partial charge in [-0.1, -0.05) is 23.5 Å². The first-order valence-corrected chi connectivity index (χ1v) is 8.06. The first kappa shape index (κ1) is 15.5. The average Bonchev–Trinajstić information content (AvgIpc) is 3.29. The Hall–Kier alpha value is -2.41. The van der Waals surface area contributed by atoms with E-state index in [1.54, 1.807) is 18.2 Å². The van der Waals surface area contributed by atoms with Crippen LogP contribution in [0.25, 0.3) is 0 Å². The number of rotatable bonds is 6. The van der Waals surface area contributed by atoms with Crippen molar-refractivity contribution in [2.24, 2.45) is 5.92 Å². The molecule has 3 rings (SSSR count). The Morgan fingerprint density at radius 2 is 2.13 bits per heavy atom. The van der Waals surface area contributed by atoms with E-state index in [9.17, 15) is 9.59 Å². The topological polar surface area (TPSA) is 77.5 Å². The zero-order valence-corrected chi connectivity index (χ0v) is 13.4. The van der Waals surface area contributed by atoms with Gasteiger partial charge in [-0.15, -0.1) is 0 Å². The third kappa shape index (κ3) is 3.87. The molecular formula is C16H16N2O4S. The number of nitrogens with one attached hydrogen (secondary N) is 1. The maximum atomic E-state index is 12.4. The van der Waals surface area contributed by atoms with Gasteiger partial charge in [0.25, 0.3) is 5.91 Å². The first-order chi connectivity index (χ1) is 11.2. The van der Waals surface area contributed by atoms with Gasteiger partial charge in [0.15, 0.2) is 5.13 Å². The minimum atomic E-state index is -0.476. The van der Waals surface area contributed by atoms with Crippen LogP contribution >= 0.6 is 11.3 Å². The van der Waals surface area contributed by atoms with E-state index in [2.05, 4.69) is 15.0 Å². The van der Waals surface area contributed by atoms with Crippen LogP contribution < -0.4 is 10.1 Å². The van der Waals surface area contributed by atoms with Gasteiger partial charge >= 0.3 is 5.97 Å². The number of ether oxygens (including phenoxy) is 2. The van der Waals surface area contributed by atoms with Crippen LogP contribution in [0.5, 0.6) is 5.75 Å². The highest BCUT2D eigenvalue weighted by Gasteiger charge is 2.23. The largest absolute Gasteiger partial charge is 0.492 e. The molecule has 0 spiro atoms. The summed E-state index contributed by atoms with van der Waals surface area (Å²) in [6.07, 6.45) is 3.75. The van der Waals surface area contributed by atoms with Gasteiger partial charge in [-0.05, 0) is 30.9 Å². The van der Waals surface area contributed by atoms with Gasteiger partial charge in [0.2, 0.25) is 0 Å². The summed E-state index contributed by atoms with van der Waals surface area (Å²) < 4.78 is 10.3. The number of hydrogen-bond donors (Lipinski definition) is 1. The van der Waals surface area contributed by atoms with Crippen LogP contribution in [0.1, 0.15) is 32.9 Å².